The summed E-state index contributed by atoms with van der Waals surface area (Å²) in [5, 5.41) is 3.22. The standard InChI is InChI=1S/C14H19N5/c1-2-8-15-14-16-9-7-13(18-14)19-10-17-11-5-3-4-6-12(11)19/h7,9-10H,2-6,8H2,1H3,(H,15,16,18). The zero-order valence-electron chi connectivity index (χ0n) is 11.3. The Bertz CT molecular complexity index is 561. The van der Waals surface area contributed by atoms with E-state index in [0.29, 0.717) is 5.95 Å². The number of hydrogen-bond acceptors (Lipinski definition) is 4. The van der Waals surface area contributed by atoms with E-state index in [1.807, 2.05) is 12.4 Å². The van der Waals surface area contributed by atoms with Gasteiger partial charge in [0.25, 0.3) is 0 Å². The molecule has 0 spiro atoms. The van der Waals surface area contributed by atoms with Crippen LogP contribution in [-0.2, 0) is 12.8 Å². The molecule has 0 unspecified atom stereocenters. The van der Waals surface area contributed by atoms with E-state index in [2.05, 4.69) is 31.8 Å². The van der Waals surface area contributed by atoms with Gasteiger partial charge in [-0.3, -0.25) is 4.57 Å². The van der Waals surface area contributed by atoms with Gasteiger partial charge in [0.05, 0.1) is 5.69 Å². The van der Waals surface area contributed by atoms with Gasteiger partial charge in [0.2, 0.25) is 5.95 Å². The molecule has 0 amide bonds. The van der Waals surface area contributed by atoms with E-state index in [9.17, 15) is 0 Å². The van der Waals surface area contributed by atoms with Crippen LogP contribution in [0.3, 0.4) is 0 Å². The summed E-state index contributed by atoms with van der Waals surface area (Å²) in [5.74, 6) is 1.60. The van der Waals surface area contributed by atoms with Gasteiger partial charge in [0.15, 0.2) is 0 Å². The Kier molecular flexibility index (Phi) is 3.44. The normalized spacial score (nSPS) is 14.2. The first-order valence-corrected chi connectivity index (χ1v) is 7.01. The molecule has 3 rings (SSSR count). The van der Waals surface area contributed by atoms with Crippen molar-refractivity contribution in [3.8, 4) is 5.82 Å². The van der Waals surface area contributed by atoms with Gasteiger partial charge in [-0.25, -0.2) is 9.97 Å². The first-order valence-electron chi connectivity index (χ1n) is 7.01. The fraction of sp³-hybridized carbons (Fsp3) is 0.500. The molecule has 0 aromatic carbocycles. The van der Waals surface area contributed by atoms with Crippen LogP contribution >= 0.6 is 0 Å². The number of fused-ring (bicyclic) bond motifs is 1. The Morgan fingerprint density at radius 1 is 1.26 bits per heavy atom. The molecule has 5 nitrogen and oxygen atoms in total. The number of imidazole rings is 1. The lowest BCUT2D eigenvalue weighted by atomic mass is 10.0. The zero-order chi connectivity index (χ0) is 13.1. The Morgan fingerprint density at radius 3 is 3.05 bits per heavy atom. The summed E-state index contributed by atoms with van der Waals surface area (Å²) in [6, 6.07) is 1.94. The lowest BCUT2D eigenvalue weighted by Crippen LogP contribution is -2.10. The molecule has 1 aliphatic carbocycles. The van der Waals surface area contributed by atoms with Gasteiger partial charge >= 0.3 is 0 Å². The van der Waals surface area contributed by atoms with Crippen molar-refractivity contribution in [3.05, 3.63) is 30.0 Å². The molecule has 100 valence electrons. The second-order valence-electron chi connectivity index (χ2n) is 4.88. The summed E-state index contributed by atoms with van der Waals surface area (Å²) in [5.41, 5.74) is 2.54. The average molecular weight is 257 g/mol. The maximum Gasteiger partial charge on any atom is 0.224 e. The molecular weight excluding hydrogens is 238 g/mol. The number of aromatic nitrogens is 4. The molecule has 2 heterocycles. The molecule has 0 bridgehead atoms. The lowest BCUT2D eigenvalue weighted by Gasteiger charge is -2.13. The van der Waals surface area contributed by atoms with E-state index in [4.69, 9.17) is 0 Å². The minimum atomic E-state index is 0.692. The highest BCUT2D eigenvalue weighted by Crippen LogP contribution is 2.22. The van der Waals surface area contributed by atoms with E-state index >= 15 is 0 Å². The Hall–Kier alpha value is -1.91. The molecule has 2 aromatic heterocycles. The predicted octanol–water partition coefficient (Wildman–Crippen LogP) is 2.36. The topological polar surface area (TPSA) is 55.6 Å². The van der Waals surface area contributed by atoms with Gasteiger partial charge < -0.3 is 5.32 Å². The summed E-state index contributed by atoms with van der Waals surface area (Å²) in [7, 11) is 0. The summed E-state index contributed by atoms with van der Waals surface area (Å²) in [6.07, 6.45) is 9.43. The van der Waals surface area contributed by atoms with Crippen LogP contribution in [0, 0.1) is 0 Å². The third-order valence-corrected chi connectivity index (χ3v) is 3.45. The van der Waals surface area contributed by atoms with Crippen molar-refractivity contribution < 1.29 is 0 Å². The van der Waals surface area contributed by atoms with Crippen molar-refractivity contribution in [2.75, 3.05) is 11.9 Å². The molecule has 0 saturated heterocycles. The minimum absolute atomic E-state index is 0.692. The van der Waals surface area contributed by atoms with Crippen LogP contribution < -0.4 is 5.32 Å². The molecule has 1 N–H and O–H groups in total. The van der Waals surface area contributed by atoms with Crippen LogP contribution in [0.2, 0.25) is 0 Å². The summed E-state index contributed by atoms with van der Waals surface area (Å²) >= 11 is 0. The van der Waals surface area contributed by atoms with Gasteiger partial charge in [-0.15, -0.1) is 0 Å². The van der Waals surface area contributed by atoms with Gasteiger partial charge in [-0.1, -0.05) is 6.92 Å². The first-order chi connectivity index (χ1) is 9.38. The zero-order valence-corrected chi connectivity index (χ0v) is 11.3. The average Bonchev–Trinajstić information content (AvgIpc) is 2.89. The number of anilines is 1. The molecule has 0 aliphatic heterocycles. The van der Waals surface area contributed by atoms with Crippen LogP contribution in [0.25, 0.3) is 5.82 Å². The van der Waals surface area contributed by atoms with Crippen molar-refractivity contribution >= 4 is 5.95 Å². The summed E-state index contributed by atoms with van der Waals surface area (Å²) in [4.78, 5) is 13.3. The Labute approximate surface area is 113 Å². The predicted molar refractivity (Wildman–Crippen MR) is 74.6 cm³/mol. The van der Waals surface area contributed by atoms with Crippen LogP contribution in [0.15, 0.2) is 18.6 Å². The van der Waals surface area contributed by atoms with Crippen LogP contribution in [0.4, 0.5) is 5.95 Å². The van der Waals surface area contributed by atoms with E-state index < -0.39 is 0 Å². The molecular formula is C14H19N5. The number of hydrogen-bond donors (Lipinski definition) is 1. The molecule has 2 aromatic rings. The van der Waals surface area contributed by atoms with E-state index in [0.717, 1.165) is 31.6 Å². The van der Waals surface area contributed by atoms with E-state index in [-0.39, 0.29) is 0 Å². The quantitative estimate of drug-likeness (QED) is 0.913. The Balaban J connectivity index is 1.91. The van der Waals surface area contributed by atoms with Crippen LogP contribution in [-0.4, -0.2) is 26.1 Å². The number of aryl methyl sites for hydroxylation is 1. The van der Waals surface area contributed by atoms with Crippen molar-refractivity contribution in [2.24, 2.45) is 0 Å². The number of nitrogens with one attached hydrogen (secondary N) is 1. The number of rotatable bonds is 4. The van der Waals surface area contributed by atoms with Crippen molar-refractivity contribution in [2.45, 2.75) is 39.0 Å². The van der Waals surface area contributed by atoms with E-state index in [1.54, 1.807) is 6.20 Å². The maximum absolute atomic E-state index is 4.56. The SMILES string of the molecule is CCCNc1nccc(-n2cnc3c2CCCC3)n1. The summed E-state index contributed by atoms with van der Waals surface area (Å²) < 4.78 is 2.10. The van der Waals surface area contributed by atoms with Crippen molar-refractivity contribution in [1.82, 2.24) is 19.5 Å². The first kappa shape index (κ1) is 12.1. The van der Waals surface area contributed by atoms with Crippen LogP contribution in [0.1, 0.15) is 37.6 Å². The molecule has 1 aliphatic rings. The van der Waals surface area contributed by atoms with Gasteiger partial charge in [-0.05, 0) is 38.2 Å². The molecule has 0 atom stereocenters. The largest absolute Gasteiger partial charge is 0.354 e. The summed E-state index contributed by atoms with van der Waals surface area (Å²) in [6.45, 7) is 3.02. The fourth-order valence-corrected chi connectivity index (χ4v) is 2.47. The molecule has 0 radical (unpaired) electrons. The lowest BCUT2D eigenvalue weighted by molar-refractivity contribution is 0.654. The molecule has 0 saturated carbocycles. The van der Waals surface area contributed by atoms with Crippen LogP contribution in [0.5, 0.6) is 0 Å². The van der Waals surface area contributed by atoms with Gasteiger partial charge in [0.1, 0.15) is 12.1 Å². The highest BCUT2D eigenvalue weighted by molar-refractivity contribution is 5.35. The monoisotopic (exact) mass is 257 g/mol. The third-order valence-electron chi connectivity index (χ3n) is 3.45. The molecule has 19 heavy (non-hydrogen) atoms. The van der Waals surface area contributed by atoms with Gasteiger partial charge in [0, 0.05) is 18.4 Å². The smallest absolute Gasteiger partial charge is 0.224 e. The highest BCUT2D eigenvalue weighted by Gasteiger charge is 2.16. The van der Waals surface area contributed by atoms with Gasteiger partial charge in [-0.2, -0.15) is 4.98 Å². The molecule has 0 fully saturated rings. The molecule has 5 heteroatoms. The highest BCUT2D eigenvalue weighted by atomic mass is 15.2. The third kappa shape index (κ3) is 2.45. The van der Waals surface area contributed by atoms with Crippen molar-refractivity contribution in [3.63, 3.8) is 0 Å². The second-order valence-corrected chi connectivity index (χ2v) is 4.88. The second kappa shape index (κ2) is 5.38. The van der Waals surface area contributed by atoms with E-state index in [1.165, 1.54) is 24.2 Å². The number of nitrogens with zero attached hydrogens (tertiary/aromatic N) is 4. The minimum Gasteiger partial charge on any atom is -0.354 e. The Morgan fingerprint density at radius 2 is 2.16 bits per heavy atom. The van der Waals surface area contributed by atoms with Crippen molar-refractivity contribution in [1.29, 1.82) is 0 Å². The fourth-order valence-electron chi connectivity index (χ4n) is 2.47. The maximum atomic E-state index is 4.56.